The van der Waals surface area contributed by atoms with Gasteiger partial charge in [-0.2, -0.15) is 5.26 Å². The number of pyridine rings is 1. The van der Waals surface area contributed by atoms with E-state index in [1.165, 1.54) is 18.2 Å². The summed E-state index contributed by atoms with van der Waals surface area (Å²) in [6, 6.07) is 15.1. The Bertz CT molecular complexity index is 1980. The SMILES string of the molecule is [2H]C([2H])(Oc1ccc(C#N)cc1F)c1cccc(OC2CCN(CCc3nc4ccc(C(=O)O)cc4n3Cc3cncn3CC)CC2)n1. The van der Waals surface area contributed by atoms with Gasteiger partial charge < -0.3 is 28.6 Å². The second kappa shape index (κ2) is 13.8. The molecule has 5 aromatic rings. The van der Waals surface area contributed by atoms with Gasteiger partial charge in [0.05, 0.1) is 55.2 Å². The molecule has 3 aromatic heterocycles. The Balaban J connectivity index is 1.08. The summed E-state index contributed by atoms with van der Waals surface area (Å²) in [4.78, 5) is 27.5. The molecule has 1 fully saturated rings. The van der Waals surface area contributed by atoms with Crippen LogP contribution in [0.1, 0.15) is 55.6 Å². The van der Waals surface area contributed by atoms with E-state index in [2.05, 4.69) is 30.9 Å². The molecule has 236 valence electrons. The molecular formula is C34H34FN7O4. The van der Waals surface area contributed by atoms with Crippen molar-refractivity contribution in [3.8, 4) is 17.7 Å². The minimum atomic E-state index is -2.44. The van der Waals surface area contributed by atoms with Crippen LogP contribution in [0.15, 0.2) is 67.1 Å². The first kappa shape index (κ1) is 28.2. The third-order valence-corrected chi connectivity index (χ3v) is 8.06. The van der Waals surface area contributed by atoms with Crippen LogP contribution in [-0.2, 0) is 26.1 Å². The van der Waals surface area contributed by atoms with Gasteiger partial charge >= 0.3 is 5.97 Å². The molecule has 1 N–H and O–H groups in total. The highest BCUT2D eigenvalue weighted by Gasteiger charge is 2.22. The Morgan fingerprint density at radius 3 is 2.78 bits per heavy atom. The first-order valence-electron chi connectivity index (χ1n) is 16.1. The van der Waals surface area contributed by atoms with Crippen molar-refractivity contribution in [2.75, 3.05) is 19.6 Å². The lowest BCUT2D eigenvalue weighted by molar-refractivity contribution is 0.0697. The van der Waals surface area contributed by atoms with E-state index >= 15 is 0 Å². The molecule has 0 saturated carbocycles. The van der Waals surface area contributed by atoms with Crippen LogP contribution in [0.2, 0.25) is 0 Å². The molecule has 0 radical (unpaired) electrons. The van der Waals surface area contributed by atoms with E-state index in [4.69, 9.17) is 22.5 Å². The number of likely N-dealkylation sites (tertiary alicyclic amines) is 1. The van der Waals surface area contributed by atoms with E-state index < -0.39 is 18.3 Å². The molecule has 4 heterocycles. The van der Waals surface area contributed by atoms with Crippen LogP contribution in [0.4, 0.5) is 4.39 Å². The van der Waals surface area contributed by atoms with Gasteiger partial charge in [-0.05, 0) is 62.2 Å². The molecule has 1 aliphatic heterocycles. The Morgan fingerprint density at radius 2 is 2.02 bits per heavy atom. The van der Waals surface area contributed by atoms with Gasteiger partial charge in [0.25, 0.3) is 0 Å². The van der Waals surface area contributed by atoms with Crippen LogP contribution >= 0.6 is 0 Å². The van der Waals surface area contributed by atoms with Crippen LogP contribution in [0.3, 0.4) is 0 Å². The number of hydrogen-bond acceptors (Lipinski definition) is 8. The third-order valence-electron chi connectivity index (χ3n) is 8.06. The number of aromatic nitrogens is 5. The van der Waals surface area contributed by atoms with E-state index in [-0.39, 0.29) is 34.6 Å². The van der Waals surface area contributed by atoms with Crippen LogP contribution in [0.5, 0.6) is 11.6 Å². The molecule has 0 spiro atoms. The van der Waals surface area contributed by atoms with Crippen LogP contribution < -0.4 is 9.47 Å². The number of aromatic carboxylic acids is 1. The van der Waals surface area contributed by atoms with Crippen molar-refractivity contribution in [2.24, 2.45) is 0 Å². The highest BCUT2D eigenvalue weighted by Crippen LogP contribution is 2.23. The van der Waals surface area contributed by atoms with Gasteiger partial charge in [0, 0.05) is 44.9 Å². The zero-order valence-electron chi connectivity index (χ0n) is 27.3. The predicted octanol–water partition coefficient (Wildman–Crippen LogP) is 5.07. The van der Waals surface area contributed by atoms with Crippen molar-refractivity contribution in [1.82, 2.24) is 29.0 Å². The number of nitrogens with zero attached hydrogens (tertiary/aromatic N) is 7. The summed E-state index contributed by atoms with van der Waals surface area (Å²) in [5.41, 5.74) is 2.78. The number of carbonyl (C=O) groups is 1. The maximum absolute atomic E-state index is 14.3. The predicted molar refractivity (Wildman–Crippen MR) is 167 cm³/mol. The molecule has 0 unspecified atom stereocenters. The zero-order chi connectivity index (χ0) is 33.8. The highest BCUT2D eigenvalue weighted by atomic mass is 19.1. The number of hydrogen-bond donors (Lipinski definition) is 1. The van der Waals surface area contributed by atoms with Gasteiger partial charge in [0.2, 0.25) is 5.88 Å². The van der Waals surface area contributed by atoms with E-state index in [9.17, 15) is 14.3 Å². The fourth-order valence-corrected chi connectivity index (χ4v) is 5.58. The number of nitriles is 1. The standard InChI is InChI=1S/C34H34FN7O4/c1-2-41-22-37-19-26(41)20-42-30-17-24(34(43)44)7-8-29(30)39-32(42)12-15-40-13-10-27(11-14-40)46-33-5-3-4-25(38-33)21-45-31-9-6-23(18-36)16-28(31)35/h3-9,16-17,19,22,27H,2,10-15,20-21H2,1H3,(H,43,44)/i21D2. The average Bonchev–Trinajstić information content (AvgIpc) is 3.69. The lowest BCUT2D eigenvalue weighted by Crippen LogP contribution is -2.39. The summed E-state index contributed by atoms with van der Waals surface area (Å²) in [6.07, 6.45) is 5.63. The minimum absolute atomic E-state index is 0.0680. The summed E-state index contributed by atoms with van der Waals surface area (Å²) < 4.78 is 46.7. The summed E-state index contributed by atoms with van der Waals surface area (Å²) in [5, 5.41) is 18.5. The van der Waals surface area contributed by atoms with Gasteiger partial charge in [-0.25, -0.2) is 24.1 Å². The second-order valence-electron chi connectivity index (χ2n) is 11.0. The molecule has 1 aliphatic rings. The normalized spacial score (nSPS) is 14.9. The maximum atomic E-state index is 14.3. The Morgan fingerprint density at radius 1 is 1.17 bits per heavy atom. The lowest BCUT2D eigenvalue weighted by Gasteiger charge is -2.31. The smallest absolute Gasteiger partial charge is 0.335 e. The third kappa shape index (κ3) is 7.00. The first-order chi connectivity index (χ1) is 23.1. The molecule has 0 amide bonds. The number of fused-ring (bicyclic) bond motifs is 1. The monoisotopic (exact) mass is 625 g/mol. The van der Waals surface area contributed by atoms with Gasteiger partial charge in [-0.3, -0.25) is 0 Å². The van der Waals surface area contributed by atoms with Gasteiger partial charge in [0.1, 0.15) is 18.5 Å². The van der Waals surface area contributed by atoms with E-state index in [0.717, 1.165) is 67.6 Å². The van der Waals surface area contributed by atoms with E-state index in [1.807, 2.05) is 12.3 Å². The van der Waals surface area contributed by atoms with Crippen molar-refractivity contribution in [3.05, 3.63) is 101 Å². The summed E-state index contributed by atoms with van der Waals surface area (Å²) in [5.74, 6) is -1.03. The quantitative estimate of drug-likeness (QED) is 0.202. The topological polar surface area (TPSA) is 131 Å². The van der Waals surface area contributed by atoms with Gasteiger partial charge in [-0.1, -0.05) is 6.07 Å². The zero-order valence-corrected chi connectivity index (χ0v) is 25.3. The van der Waals surface area contributed by atoms with E-state index in [0.29, 0.717) is 13.0 Å². The molecule has 0 atom stereocenters. The highest BCUT2D eigenvalue weighted by molar-refractivity contribution is 5.92. The number of benzene rings is 2. The molecule has 6 rings (SSSR count). The summed E-state index contributed by atoms with van der Waals surface area (Å²) in [6.45, 7) is 3.21. The number of aryl methyl sites for hydroxylation is 1. The number of carboxylic acids is 1. The van der Waals surface area contributed by atoms with Crippen LogP contribution in [0.25, 0.3) is 11.0 Å². The fraction of sp³-hybridized carbons (Fsp3) is 0.324. The Kier molecular flexibility index (Phi) is 8.46. The second-order valence-corrected chi connectivity index (χ2v) is 11.0. The van der Waals surface area contributed by atoms with Crippen molar-refractivity contribution in [2.45, 2.75) is 51.9 Å². The molecule has 0 bridgehead atoms. The summed E-state index contributed by atoms with van der Waals surface area (Å²) >= 11 is 0. The number of rotatable bonds is 12. The van der Waals surface area contributed by atoms with Crippen LogP contribution in [-0.4, -0.2) is 65.8 Å². The van der Waals surface area contributed by atoms with Gasteiger partial charge in [-0.15, -0.1) is 0 Å². The van der Waals surface area contributed by atoms with Crippen molar-refractivity contribution < 1.29 is 26.5 Å². The number of imidazole rings is 2. The van der Waals surface area contributed by atoms with Crippen molar-refractivity contribution in [3.63, 3.8) is 0 Å². The largest absolute Gasteiger partial charge is 0.484 e. The lowest BCUT2D eigenvalue weighted by atomic mass is 10.1. The molecule has 2 aromatic carbocycles. The fourth-order valence-electron chi connectivity index (χ4n) is 5.58. The molecule has 11 nitrogen and oxygen atoms in total. The molecule has 1 saturated heterocycles. The van der Waals surface area contributed by atoms with Crippen LogP contribution in [0, 0.1) is 17.1 Å². The average molecular weight is 626 g/mol. The number of piperidine rings is 1. The molecule has 12 heteroatoms. The van der Waals surface area contributed by atoms with Crippen molar-refractivity contribution >= 4 is 17.0 Å². The minimum Gasteiger partial charge on any atom is -0.484 e. The maximum Gasteiger partial charge on any atom is 0.335 e. The first-order valence-corrected chi connectivity index (χ1v) is 15.1. The molecule has 0 aliphatic carbocycles. The Labute approximate surface area is 268 Å². The van der Waals surface area contributed by atoms with Gasteiger partial charge in [0.15, 0.2) is 11.6 Å². The number of carboxylic acid groups (broad SMARTS) is 1. The molecular weight excluding hydrogens is 589 g/mol. The van der Waals surface area contributed by atoms with Crippen molar-refractivity contribution in [1.29, 1.82) is 5.26 Å². The number of halogens is 1. The number of ether oxygens (including phenoxy) is 2. The Hall–Kier alpha value is -5.28. The summed E-state index contributed by atoms with van der Waals surface area (Å²) in [7, 11) is 0. The molecule has 46 heavy (non-hydrogen) atoms. The van der Waals surface area contributed by atoms with E-state index in [1.54, 1.807) is 36.7 Å².